The number of ether oxygens (including phenoxy) is 3. The van der Waals surface area contributed by atoms with Crippen molar-refractivity contribution in [3.8, 4) is 6.07 Å². The van der Waals surface area contributed by atoms with Gasteiger partial charge in [0, 0.05) is 11.3 Å². The maximum absolute atomic E-state index is 14.0. The van der Waals surface area contributed by atoms with Crippen molar-refractivity contribution in [1.29, 1.82) is 5.26 Å². The summed E-state index contributed by atoms with van der Waals surface area (Å²) in [6, 6.07) is 17.5. The number of nitriles is 1. The highest BCUT2D eigenvalue weighted by atomic mass is 16.5. The van der Waals surface area contributed by atoms with Gasteiger partial charge < -0.3 is 19.9 Å². The molecule has 0 fully saturated rings. The topological polar surface area (TPSA) is 132 Å². The number of carbonyl (C=O) groups is 3. The third kappa shape index (κ3) is 3.36. The van der Waals surface area contributed by atoms with Crippen LogP contribution in [0.25, 0.3) is 0 Å². The molecule has 4 rings (SSSR count). The van der Waals surface area contributed by atoms with E-state index in [1.54, 1.807) is 48.5 Å². The van der Waals surface area contributed by atoms with Gasteiger partial charge in [-0.1, -0.05) is 48.5 Å². The molecule has 9 nitrogen and oxygen atoms in total. The van der Waals surface area contributed by atoms with E-state index in [4.69, 9.17) is 19.9 Å². The van der Waals surface area contributed by atoms with Crippen LogP contribution in [0.4, 0.5) is 5.69 Å². The van der Waals surface area contributed by atoms with Gasteiger partial charge in [0.05, 0.1) is 7.11 Å². The molecule has 0 saturated carbocycles. The number of allylic oxidation sites excluding steroid dienone is 1. The smallest absolute Gasteiger partial charge is 0.339 e. The van der Waals surface area contributed by atoms with Crippen molar-refractivity contribution in [2.75, 3.05) is 18.6 Å². The number of benzene rings is 2. The molecule has 34 heavy (non-hydrogen) atoms. The first-order valence-corrected chi connectivity index (χ1v) is 10.3. The van der Waals surface area contributed by atoms with Gasteiger partial charge in [0.1, 0.15) is 36.1 Å². The number of methoxy groups -OCH3 is 1. The summed E-state index contributed by atoms with van der Waals surface area (Å²) >= 11 is 0. The zero-order chi connectivity index (χ0) is 24.5. The molecule has 2 aliphatic rings. The Labute approximate surface area is 195 Å². The molecule has 1 amide bonds. The van der Waals surface area contributed by atoms with Crippen LogP contribution in [-0.2, 0) is 40.6 Å². The van der Waals surface area contributed by atoms with Gasteiger partial charge in [0.15, 0.2) is 5.41 Å². The molecule has 0 unspecified atom stereocenters. The van der Waals surface area contributed by atoms with E-state index < -0.39 is 29.8 Å². The molecule has 1 atom stereocenters. The predicted molar refractivity (Wildman–Crippen MR) is 119 cm³/mol. The minimum absolute atomic E-state index is 0.0256. The molecular formula is C25H21N3O6. The van der Waals surface area contributed by atoms with Crippen LogP contribution >= 0.6 is 0 Å². The van der Waals surface area contributed by atoms with Crippen molar-refractivity contribution in [2.45, 2.75) is 18.9 Å². The van der Waals surface area contributed by atoms with E-state index in [1.807, 2.05) is 12.1 Å². The minimum atomic E-state index is -1.93. The van der Waals surface area contributed by atoms with Crippen LogP contribution < -0.4 is 10.6 Å². The minimum Gasteiger partial charge on any atom is -0.468 e. The van der Waals surface area contributed by atoms with Crippen LogP contribution in [0.5, 0.6) is 0 Å². The Morgan fingerprint density at radius 3 is 2.50 bits per heavy atom. The van der Waals surface area contributed by atoms with Crippen LogP contribution in [0, 0.1) is 11.3 Å². The Morgan fingerprint density at radius 1 is 1.15 bits per heavy atom. The van der Waals surface area contributed by atoms with E-state index >= 15 is 0 Å². The lowest BCUT2D eigenvalue weighted by Crippen LogP contribution is -2.49. The number of anilines is 1. The molecule has 2 aromatic rings. The van der Waals surface area contributed by atoms with Crippen molar-refractivity contribution in [1.82, 2.24) is 0 Å². The second kappa shape index (κ2) is 8.75. The molecule has 0 saturated heterocycles. The first kappa shape index (κ1) is 22.6. The number of nitrogens with two attached hydrogens (primary N) is 1. The Balaban J connectivity index is 1.88. The van der Waals surface area contributed by atoms with Gasteiger partial charge in [-0.15, -0.1) is 0 Å². The summed E-state index contributed by atoms with van der Waals surface area (Å²) in [6.07, 6.45) is 0. The maximum atomic E-state index is 14.0. The second-order valence-corrected chi connectivity index (χ2v) is 7.68. The standard InChI is InChI=1S/C25H21N3O6/c1-15-21(23(30)33-14-16-8-4-3-5-9-16)25(18(12-26)22(27)34-15)17-10-6-7-11-19(17)28(24(25)31)13-20(29)32-2/h3-11H,13-14,27H2,1-2H3/t25-/m0/s1. The summed E-state index contributed by atoms with van der Waals surface area (Å²) in [6.45, 7) is 0.995. The van der Waals surface area contributed by atoms with Crippen LogP contribution in [0.1, 0.15) is 18.1 Å². The highest BCUT2D eigenvalue weighted by Gasteiger charge is 2.62. The fourth-order valence-electron chi connectivity index (χ4n) is 4.36. The number of amides is 1. The van der Waals surface area contributed by atoms with Gasteiger partial charge in [-0.2, -0.15) is 5.26 Å². The van der Waals surface area contributed by atoms with Gasteiger partial charge in [-0.05, 0) is 18.6 Å². The Kier molecular flexibility index (Phi) is 5.82. The lowest BCUT2D eigenvalue weighted by molar-refractivity contribution is -0.142. The average Bonchev–Trinajstić information content (AvgIpc) is 3.07. The van der Waals surface area contributed by atoms with E-state index in [-0.39, 0.29) is 29.4 Å². The fraction of sp³-hybridized carbons (Fsp3) is 0.200. The number of para-hydroxylation sites is 1. The van der Waals surface area contributed by atoms with Crippen molar-refractivity contribution in [3.05, 3.63) is 88.5 Å². The largest absolute Gasteiger partial charge is 0.468 e. The molecule has 2 N–H and O–H groups in total. The summed E-state index contributed by atoms with van der Waals surface area (Å²) in [5.74, 6) is -2.49. The first-order valence-electron chi connectivity index (χ1n) is 10.3. The van der Waals surface area contributed by atoms with Crippen LogP contribution in [-0.4, -0.2) is 31.5 Å². The number of carbonyl (C=O) groups excluding carboxylic acids is 3. The molecule has 0 radical (unpaired) electrons. The van der Waals surface area contributed by atoms with Gasteiger partial charge in [0.2, 0.25) is 11.8 Å². The SMILES string of the molecule is COC(=O)CN1C(=O)[C@]2(C(C#N)=C(N)OC(C)=C2C(=O)OCc2ccccc2)c2ccccc21. The highest BCUT2D eigenvalue weighted by Crippen LogP contribution is 2.54. The number of rotatable bonds is 5. The summed E-state index contributed by atoms with van der Waals surface area (Å²) in [4.78, 5) is 40.8. The van der Waals surface area contributed by atoms with Crippen LogP contribution in [0.15, 0.2) is 77.4 Å². The Morgan fingerprint density at radius 2 is 1.82 bits per heavy atom. The quantitative estimate of drug-likeness (QED) is 0.673. The lowest BCUT2D eigenvalue weighted by atomic mass is 9.68. The number of hydrogen-bond acceptors (Lipinski definition) is 8. The lowest BCUT2D eigenvalue weighted by Gasteiger charge is -2.34. The van der Waals surface area contributed by atoms with E-state index in [1.165, 1.54) is 18.9 Å². The fourth-order valence-corrected chi connectivity index (χ4v) is 4.36. The second-order valence-electron chi connectivity index (χ2n) is 7.68. The molecule has 2 heterocycles. The van der Waals surface area contributed by atoms with E-state index in [0.29, 0.717) is 11.3 Å². The van der Waals surface area contributed by atoms with Crippen molar-refractivity contribution in [3.63, 3.8) is 0 Å². The van der Waals surface area contributed by atoms with Crippen molar-refractivity contribution in [2.24, 2.45) is 5.73 Å². The van der Waals surface area contributed by atoms with Crippen LogP contribution in [0.2, 0.25) is 0 Å². The summed E-state index contributed by atoms with van der Waals surface area (Å²) in [5, 5.41) is 10.0. The third-order valence-electron chi connectivity index (χ3n) is 5.82. The predicted octanol–water partition coefficient (Wildman–Crippen LogP) is 2.19. The Bertz CT molecular complexity index is 1290. The number of fused-ring (bicyclic) bond motifs is 2. The van der Waals surface area contributed by atoms with Crippen LogP contribution in [0.3, 0.4) is 0 Å². The molecule has 172 valence electrons. The zero-order valence-electron chi connectivity index (χ0n) is 18.5. The van der Waals surface area contributed by atoms with Gasteiger partial charge in [-0.25, -0.2) is 4.79 Å². The van der Waals surface area contributed by atoms with Gasteiger partial charge in [0.25, 0.3) is 0 Å². The molecule has 2 aliphatic heterocycles. The monoisotopic (exact) mass is 459 g/mol. The van der Waals surface area contributed by atoms with E-state index in [9.17, 15) is 19.6 Å². The molecule has 1 spiro atoms. The maximum Gasteiger partial charge on any atom is 0.339 e. The molecule has 0 bridgehead atoms. The molecule has 9 heteroatoms. The van der Waals surface area contributed by atoms with Crippen molar-refractivity contribution < 1.29 is 28.6 Å². The molecular weight excluding hydrogens is 438 g/mol. The normalized spacial score (nSPS) is 19.0. The van der Waals surface area contributed by atoms with Gasteiger partial charge in [-0.3, -0.25) is 14.5 Å². The van der Waals surface area contributed by atoms with Crippen molar-refractivity contribution >= 4 is 23.5 Å². The zero-order valence-corrected chi connectivity index (χ0v) is 18.5. The molecule has 0 aromatic heterocycles. The number of hydrogen-bond donors (Lipinski definition) is 1. The molecule has 0 aliphatic carbocycles. The number of esters is 2. The Hall–Kier alpha value is -4.58. The first-order chi connectivity index (χ1) is 16.4. The van der Waals surface area contributed by atoms with E-state index in [2.05, 4.69) is 0 Å². The molecule has 2 aromatic carbocycles. The third-order valence-corrected chi connectivity index (χ3v) is 5.82. The summed E-state index contributed by atoms with van der Waals surface area (Å²) < 4.78 is 15.8. The number of nitrogens with zero attached hydrogens (tertiary/aromatic N) is 2. The van der Waals surface area contributed by atoms with E-state index in [0.717, 1.165) is 5.56 Å². The summed E-state index contributed by atoms with van der Waals surface area (Å²) in [7, 11) is 1.20. The summed E-state index contributed by atoms with van der Waals surface area (Å²) in [5.41, 5.74) is 5.09. The van der Waals surface area contributed by atoms with Gasteiger partial charge >= 0.3 is 11.9 Å². The highest BCUT2D eigenvalue weighted by molar-refractivity contribution is 6.19. The average molecular weight is 459 g/mol.